The molecule has 7 nitrogen and oxygen atoms in total. The summed E-state index contributed by atoms with van der Waals surface area (Å²) in [5.41, 5.74) is 1.99. The standard InChI is InChI=1S/C25H30O7/c1-24(2)16-11-21(29-6)20(28-5)10-15(16)23-25(32-24)13-31-22(17(25)12-30-23)14-7-8-18(26-3)19(9-14)27-4/h7-11,17,22-23H,12-13H2,1-6H3/t17-,22+,23-,25-/m0/s1. The highest BCUT2D eigenvalue weighted by Crippen LogP contribution is 2.61. The van der Waals surface area contributed by atoms with Crippen LogP contribution in [-0.4, -0.2) is 47.3 Å². The molecule has 2 saturated heterocycles. The van der Waals surface area contributed by atoms with Crippen LogP contribution in [0.3, 0.4) is 0 Å². The Morgan fingerprint density at radius 1 is 0.812 bits per heavy atom. The van der Waals surface area contributed by atoms with Crippen molar-refractivity contribution in [2.75, 3.05) is 41.7 Å². The summed E-state index contributed by atoms with van der Waals surface area (Å²) in [6, 6.07) is 9.93. The van der Waals surface area contributed by atoms with Crippen LogP contribution in [0.4, 0.5) is 0 Å². The van der Waals surface area contributed by atoms with Crippen LogP contribution < -0.4 is 18.9 Å². The first-order valence-corrected chi connectivity index (χ1v) is 10.8. The largest absolute Gasteiger partial charge is 0.493 e. The van der Waals surface area contributed by atoms with Crippen LogP contribution >= 0.6 is 0 Å². The van der Waals surface area contributed by atoms with Crippen LogP contribution in [0.1, 0.15) is 42.7 Å². The molecule has 2 aromatic carbocycles. The van der Waals surface area contributed by atoms with Crippen molar-refractivity contribution in [2.45, 2.75) is 37.3 Å². The van der Waals surface area contributed by atoms with Crippen molar-refractivity contribution in [3.05, 3.63) is 47.0 Å². The predicted molar refractivity (Wildman–Crippen MR) is 117 cm³/mol. The highest BCUT2D eigenvalue weighted by atomic mass is 16.6. The number of fused-ring (bicyclic) bond motifs is 2. The van der Waals surface area contributed by atoms with E-state index in [-0.39, 0.29) is 18.1 Å². The van der Waals surface area contributed by atoms with Crippen LogP contribution in [-0.2, 0) is 19.8 Å². The Hall–Kier alpha value is -2.48. The average molecular weight is 443 g/mol. The number of hydrogen-bond acceptors (Lipinski definition) is 7. The molecule has 3 aliphatic rings. The Bertz CT molecular complexity index is 1030. The number of rotatable bonds is 5. The lowest BCUT2D eigenvalue weighted by atomic mass is 9.74. The van der Waals surface area contributed by atoms with E-state index in [0.717, 1.165) is 16.7 Å². The van der Waals surface area contributed by atoms with E-state index in [9.17, 15) is 0 Å². The Morgan fingerprint density at radius 2 is 1.47 bits per heavy atom. The van der Waals surface area contributed by atoms with Gasteiger partial charge in [0.2, 0.25) is 0 Å². The second-order valence-corrected chi connectivity index (χ2v) is 9.03. The van der Waals surface area contributed by atoms with Gasteiger partial charge in [0.25, 0.3) is 0 Å². The van der Waals surface area contributed by atoms with E-state index in [1.165, 1.54) is 0 Å². The van der Waals surface area contributed by atoms with Gasteiger partial charge >= 0.3 is 0 Å². The molecule has 2 fully saturated rings. The smallest absolute Gasteiger partial charge is 0.161 e. The number of hydrogen-bond donors (Lipinski definition) is 0. The highest BCUT2D eigenvalue weighted by Gasteiger charge is 2.65. The van der Waals surface area contributed by atoms with E-state index in [4.69, 9.17) is 33.2 Å². The predicted octanol–water partition coefficient (Wildman–Crippen LogP) is 4.18. The van der Waals surface area contributed by atoms with Crippen LogP contribution in [0.5, 0.6) is 23.0 Å². The summed E-state index contributed by atoms with van der Waals surface area (Å²) in [7, 11) is 6.56. The topological polar surface area (TPSA) is 64.6 Å². The van der Waals surface area contributed by atoms with Crippen molar-refractivity contribution in [3.63, 3.8) is 0 Å². The minimum absolute atomic E-state index is 0.0334. The Balaban J connectivity index is 1.56. The monoisotopic (exact) mass is 442 g/mol. The molecular weight excluding hydrogens is 412 g/mol. The quantitative estimate of drug-likeness (QED) is 0.688. The van der Waals surface area contributed by atoms with E-state index in [1.807, 2.05) is 30.3 Å². The molecule has 0 aromatic heterocycles. The molecule has 0 radical (unpaired) electrons. The van der Waals surface area contributed by atoms with Gasteiger partial charge in [0.05, 0.1) is 53.4 Å². The first kappa shape index (κ1) is 21.4. The van der Waals surface area contributed by atoms with Crippen molar-refractivity contribution in [2.24, 2.45) is 5.92 Å². The lowest BCUT2D eigenvalue weighted by Gasteiger charge is -2.47. The fraction of sp³-hybridized carbons (Fsp3) is 0.520. The van der Waals surface area contributed by atoms with Crippen molar-refractivity contribution in [3.8, 4) is 23.0 Å². The lowest BCUT2D eigenvalue weighted by Crippen LogP contribution is -2.51. The zero-order valence-corrected chi connectivity index (χ0v) is 19.4. The van der Waals surface area contributed by atoms with Gasteiger partial charge in [-0.3, -0.25) is 0 Å². The summed E-state index contributed by atoms with van der Waals surface area (Å²) in [5.74, 6) is 2.76. The molecule has 0 N–H and O–H groups in total. The van der Waals surface area contributed by atoms with Crippen LogP contribution in [0, 0.1) is 5.92 Å². The Morgan fingerprint density at radius 3 is 2.16 bits per heavy atom. The van der Waals surface area contributed by atoms with Gasteiger partial charge in [-0.1, -0.05) is 6.07 Å². The zero-order valence-electron chi connectivity index (χ0n) is 19.4. The Labute approximate surface area is 188 Å². The van der Waals surface area contributed by atoms with Gasteiger partial charge in [-0.15, -0.1) is 0 Å². The van der Waals surface area contributed by atoms with Crippen molar-refractivity contribution in [1.29, 1.82) is 0 Å². The van der Waals surface area contributed by atoms with E-state index in [1.54, 1.807) is 28.4 Å². The number of benzene rings is 2. The van der Waals surface area contributed by atoms with Gasteiger partial charge < -0.3 is 33.2 Å². The maximum Gasteiger partial charge on any atom is 0.161 e. The molecule has 0 amide bonds. The SMILES string of the molecule is COc1ccc([C@H]2OC[C@@]34OC(C)(C)c5cc(OC)c(OC)cc5[C@@H]3OC[C@@H]24)cc1OC. The van der Waals surface area contributed by atoms with Crippen molar-refractivity contribution < 1.29 is 33.2 Å². The molecule has 2 aromatic rings. The van der Waals surface area contributed by atoms with E-state index >= 15 is 0 Å². The van der Waals surface area contributed by atoms with Gasteiger partial charge in [0, 0.05) is 5.92 Å². The second-order valence-electron chi connectivity index (χ2n) is 9.03. The molecule has 0 bridgehead atoms. The molecule has 3 aliphatic heterocycles. The average Bonchev–Trinajstić information content (AvgIpc) is 3.33. The zero-order chi connectivity index (χ0) is 22.7. The fourth-order valence-electron chi connectivity index (χ4n) is 5.57. The maximum atomic E-state index is 6.86. The molecule has 0 aliphatic carbocycles. The maximum absolute atomic E-state index is 6.86. The van der Waals surface area contributed by atoms with Crippen molar-refractivity contribution >= 4 is 0 Å². The van der Waals surface area contributed by atoms with Crippen LogP contribution in [0.25, 0.3) is 0 Å². The molecule has 4 atom stereocenters. The second kappa shape index (κ2) is 7.54. The Kier molecular flexibility index (Phi) is 5.04. The normalized spacial score (nSPS) is 29.6. The van der Waals surface area contributed by atoms with Crippen LogP contribution in [0.2, 0.25) is 0 Å². The first-order chi connectivity index (χ1) is 15.4. The molecule has 172 valence electrons. The summed E-state index contributed by atoms with van der Waals surface area (Å²) in [6.45, 7) is 5.15. The molecule has 3 heterocycles. The molecule has 5 rings (SSSR count). The highest BCUT2D eigenvalue weighted by molar-refractivity contribution is 5.52. The number of ether oxygens (including phenoxy) is 7. The van der Waals surface area contributed by atoms with Gasteiger partial charge in [0.1, 0.15) is 11.7 Å². The lowest BCUT2D eigenvalue weighted by molar-refractivity contribution is -0.196. The van der Waals surface area contributed by atoms with Crippen molar-refractivity contribution in [1.82, 2.24) is 0 Å². The minimum Gasteiger partial charge on any atom is -0.493 e. The molecule has 0 saturated carbocycles. The third-order valence-electron chi connectivity index (χ3n) is 7.04. The first-order valence-electron chi connectivity index (χ1n) is 10.8. The fourth-order valence-corrected chi connectivity index (χ4v) is 5.57. The molecular formula is C25H30O7. The van der Waals surface area contributed by atoms with Crippen LogP contribution in [0.15, 0.2) is 30.3 Å². The van der Waals surface area contributed by atoms with Gasteiger partial charge in [-0.05, 0) is 54.8 Å². The third-order valence-corrected chi connectivity index (χ3v) is 7.04. The third kappa shape index (κ3) is 2.91. The molecule has 0 unspecified atom stereocenters. The molecule has 1 spiro atoms. The summed E-state index contributed by atoms with van der Waals surface area (Å²) >= 11 is 0. The van der Waals surface area contributed by atoms with E-state index in [0.29, 0.717) is 36.2 Å². The van der Waals surface area contributed by atoms with Gasteiger partial charge in [-0.2, -0.15) is 0 Å². The van der Waals surface area contributed by atoms with Gasteiger partial charge in [0.15, 0.2) is 23.0 Å². The summed E-state index contributed by atoms with van der Waals surface area (Å²) < 4.78 is 41.7. The minimum atomic E-state index is -0.589. The molecule has 7 heteroatoms. The number of methoxy groups -OCH3 is 4. The summed E-state index contributed by atoms with van der Waals surface area (Å²) in [6.07, 6.45) is -0.419. The van der Waals surface area contributed by atoms with E-state index in [2.05, 4.69) is 13.8 Å². The van der Waals surface area contributed by atoms with Gasteiger partial charge in [-0.25, -0.2) is 0 Å². The summed E-state index contributed by atoms with van der Waals surface area (Å²) in [5, 5.41) is 0. The van der Waals surface area contributed by atoms with E-state index < -0.39 is 11.2 Å². The molecule has 32 heavy (non-hydrogen) atoms. The summed E-state index contributed by atoms with van der Waals surface area (Å²) in [4.78, 5) is 0.